The van der Waals surface area contributed by atoms with E-state index in [1.807, 2.05) is 0 Å². The fourth-order valence-electron chi connectivity index (χ4n) is 2.40. The number of allylic oxidation sites excluding steroid dienone is 1. The minimum absolute atomic E-state index is 0.0409. The number of furan rings is 1. The number of ether oxygens (including phenoxy) is 1. The lowest BCUT2D eigenvalue weighted by Crippen LogP contribution is -2.28. The van der Waals surface area contributed by atoms with Gasteiger partial charge < -0.3 is 14.5 Å². The zero-order valence-corrected chi connectivity index (χ0v) is 18.7. The van der Waals surface area contributed by atoms with Crippen molar-refractivity contribution in [1.82, 2.24) is 5.32 Å². The first-order chi connectivity index (χ1) is 14.3. The van der Waals surface area contributed by atoms with Gasteiger partial charge in [0.2, 0.25) is 0 Å². The average molecular weight is 523 g/mol. The maximum atomic E-state index is 13.0. The molecule has 0 amide bonds. The van der Waals surface area contributed by atoms with Crippen LogP contribution in [0.25, 0.3) is 17.0 Å². The number of hydrogen-bond donors (Lipinski definition) is 2. The van der Waals surface area contributed by atoms with E-state index in [1.54, 1.807) is 13.0 Å². The number of sulfone groups is 1. The first-order valence-electron chi connectivity index (χ1n) is 8.70. The number of rotatable bonds is 8. The van der Waals surface area contributed by atoms with Crippen molar-refractivity contribution < 1.29 is 35.5 Å². The number of benzene rings is 1. The van der Waals surface area contributed by atoms with Crippen molar-refractivity contribution in [2.75, 3.05) is 19.4 Å². The van der Waals surface area contributed by atoms with E-state index in [0.29, 0.717) is 5.56 Å². The third-order valence-corrected chi connectivity index (χ3v) is 5.74. The molecular formula is C19H18BrF3N2O5S. The summed E-state index contributed by atoms with van der Waals surface area (Å²) in [6.07, 6.45) is -3.91. The molecule has 0 radical (unpaired) electrons. The number of esters is 1. The summed E-state index contributed by atoms with van der Waals surface area (Å²) in [7, 11) is -3.48. The molecule has 2 aromatic rings. The third-order valence-electron chi connectivity index (χ3n) is 3.84. The smallest absolute Gasteiger partial charge is 0.433 e. The number of halogens is 4. The van der Waals surface area contributed by atoms with Gasteiger partial charge in [0, 0.05) is 11.8 Å². The fourth-order valence-corrected chi connectivity index (χ4v) is 3.63. The van der Waals surface area contributed by atoms with Crippen LogP contribution < -0.4 is 5.32 Å². The Labute approximate surface area is 184 Å². The summed E-state index contributed by atoms with van der Waals surface area (Å²) in [6.45, 7) is 1.19. The lowest BCUT2D eigenvalue weighted by molar-refractivity contribution is -0.141. The van der Waals surface area contributed by atoms with E-state index in [0.717, 1.165) is 6.26 Å². The Morgan fingerprint density at radius 2 is 1.94 bits per heavy atom. The molecule has 1 aromatic carbocycles. The van der Waals surface area contributed by atoms with Crippen molar-refractivity contribution in [3.63, 3.8) is 0 Å². The summed E-state index contributed by atoms with van der Waals surface area (Å²) in [6, 6.07) is 8.59. The molecular weight excluding hydrogens is 505 g/mol. The van der Waals surface area contributed by atoms with Gasteiger partial charge in [-0.3, -0.25) is 10.2 Å². The van der Waals surface area contributed by atoms with Crippen molar-refractivity contribution in [3.05, 3.63) is 46.6 Å². The monoisotopic (exact) mass is 522 g/mol. The average Bonchev–Trinajstić information content (AvgIpc) is 3.16. The molecule has 0 saturated heterocycles. The molecule has 0 bridgehead atoms. The Hall–Kier alpha value is -2.60. The summed E-state index contributed by atoms with van der Waals surface area (Å²) in [4.78, 5) is 11.7. The second kappa shape index (κ2) is 9.69. The molecule has 0 saturated carbocycles. The van der Waals surface area contributed by atoms with Crippen LogP contribution in [0.1, 0.15) is 12.7 Å². The van der Waals surface area contributed by atoms with Gasteiger partial charge in [0.15, 0.2) is 21.3 Å². The Balaban J connectivity index is 2.48. The Morgan fingerprint density at radius 1 is 1.26 bits per heavy atom. The van der Waals surface area contributed by atoms with Gasteiger partial charge in [0.1, 0.15) is 12.3 Å². The summed E-state index contributed by atoms with van der Waals surface area (Å²) in [5, 5.41) is 9.87. The molecule has 1 aromatic heterocycles. The number of carbonyl (C=O) groups excluding carboxylic acids is 1. The van der Waals surface area contributed by atoms with Crippen molar-refractivity contribution in [2.24, 2.45) is 0 Å². The zero-order valence-electron chi connectivity index (χ0n) is 16.3. The highest BCUT2D eigenvalue weighted by Crippen LogP contribution is 2.32. The summed E-state index contributed by atoms with van der Waals surface area (Å²) in [5.41, 5.74) is -1.60. The van der Waals surface area contributed by atoms with Gasteiger partial charge in [0.05, 0.1) is 21.7 Å². The van der Waals surface area contributed by atoms with E-state index < -0.39 is 38.7 Å². The third kappa shape index (κ3) is 6.44. The quantitative estimate of drug-likeness (QED) is 0.398. The van der Waals surface area contributed by atoms with Gasteiger partial charge in [-0.15, -0.1) is 0 Å². The molecule has 7 nitrogen and oxygen atoms in total. The summed E-state index contributed by atoms with van der Waals surface area (Å²) in [5.74, 6) is -0.647. The Morgan fingerprint density at radius 3 is 2.52 bits per heavy atom. The van der Waals surface area contributed by atoms with Crippen LogP contribution in [0.5, 0.6) is 0 Å². The van der Waals surface area contributed by atoms with Gasteiger partial charge in [-0.2, -0.15) is 13.2 Å². The molecule has 12 heteroatoms. The van der Waals surface area contributed by atoms with E-state index >= 15 is 0 Å². The van der Waals surface area contributed by atoms with Crippen molar-refractivity contribution in [3.8, 4) is 11.3 Å². The molecule has 0 atom stereocenters. The fraction of sp³-hybridized carbons (Fsp3) is 0.263. The molecule has 0 aliphatic rings. The maximum Gasteiger partial charge on any atom is 0.433 e. The lowest BCUT2D eigenvalue weighted by Gasteiger charge is -2.14. The van der Waals surface area contributed by atoms with Crippen molar-refractivity contribution in [1.29, 1.82) is 5.41 Å². The minimum Gasteiger partial charge on any atom is -0.465 e. The molecule has 2 N–H and O–H groups in total. The van der Waals surface area contributed by atoms with E-state index in [-0.39, 0.29) is 28.7 Å². The van der Waals surface area contributed by atoms with Crippen LogP contribution >= 0.6 is 15.9 Å². The predicted molar refractivity (Wildman–Crippen MR) is 112 cm³/mol. The van der Waals surface area contributed by atoms with E-state index in [4.69, 9.17) is 14.6 Å². The molecule has 0 fully saturated rings. The first kappa shape index (κ1) is 24.7. The van der Waals surface area contributed by atoms with Crippen LogP contribution in [0, 0.1) is 5.41 Å². The van der Waals surface area contributed by atoms with Crippen LogP contribution in [-0.4, -0.2) is 45.7 Å². The van der Waals surface area contributed by atoms with Crippen molar-refractivity contribution >= 4 is 43.1 Å². The van der Waals surface area contributed by atoms with E-state index in [1.165, 1.54) is 30.3 Å². The van der Waals surface area contributed by atoms with Crippen molar-refractivity contribution in [2.45, 2.75) is 18.0 Å². The molecule has 1 heterocycles. The van der Waals surface area contributed by atoms with Gasteiger partial charge in [0.25, 0.3) is 0 Å². The highest BCUT2D eigenvalue weighted by molar-refractivity contribution is 9.12. The number of carbonyl (C=O) groups is 1. The molecule has 2 rings (SSSR count). The topological polar surface area (TPSA) is 109 Å². The minimum atomic E-state index is -4.95. The SMILES string of the molecule is CCOC(=O)CN/C(=C(/Br)C(=N)C(F)(F)F)c1ccc(-c2cccc(S(C)(=O)=O)c2)o1. The van der Waals surface area contributed by atoms with Gasteiger partial charge in [-0.25, -0.2) is 8.42 Å². The van der Waals surface area contributed by atoms with E-state index in [9.17, 15) is 26.4 Å². The molecule has 168 valence electrons. The molecule has 31 heavy (non-hydrogen) atoms. The summed E-state index contributed by atoms with van der Waals surface area (Å²) < 4.78 is 72.3. The number of hydrogen-bond acceptors (Lipinski definition) is 7. The normalized spacial score (nSPS) is 12.8. The van der Waals surface area contributed by atoms with E-state index in [2.05, 4.69) is 21.2 Å². The van der Waals surface area contributed by atoms with Crippen LogP contribution in [-0.2, 0) is 19.4 Å². The maximum absolute atomic E-state index is 13.0. The summed E-state index contributed by atoms with van der Waals surface area (Å²) >= 11 is 2.76. The van der Waals surface area contributed by atoms with Gasteiger partial charge in [-0.05, 0) is 47.1 Å². The second-order valence-electron chi connectivity index (χ2n) is 6.18. The second-order valence-corrected chi connectivity index (χ2v) is 8.99. The van der Waals surface area contributed by atoms with Crippen LogP contribution in [0.3, 0.4) is 0 Å². The largest absolute Gasteiger partial charge is 0.465 e. The standard InChI is InChI=1S/C19H18BrF3N2O5S/c1-3-29-15(26)10-25-17(16(20)18(24)19(21,22)23)14-8-7-13(30-14)11-5-4-6-12(9-11)31(2,27)28/h4-9,24-25H,3,10H2,1-2H3/b17-16+,24-18?. The Bertz CT molecular complexity index is 1120. The Kier molecular flexibility index (Phi) is 7.71. The molecule has 0 aliphatic carbocycles. The molecule has 0 unspecified atom stereocenters. The van der Waals surface area contributed by atoms with Crippen LogP contribution in [0.15, 0.2) is 50.2 Å². The van der Waals surface area contributed by atoms with Crippen LogP contribution in [0.2, 0.25) is 0 Å². The predicted octanol–water partition coefficient (Wildman–Crippen LogP) is 4.15. The molecule has 0 spiro atoms. The zero-order chi connectivity index (χ0) is 23.4. The lowest BCUT2D eigenvalue weighted by atomic mass is 10.2. The van der Waals surface area contributed by atoms with Crippen LogP contribution in [0.4, 0.5) is 13.2 Å². The first-order valence-corrected chi connectivity index (χ1v) is 11.4. The highest BCUT2D eigenvalue weighted by atomic mass is 79.9. The number of nitrogens with one attached hydrogen (secondary N) is 2. The van der Waals surface area contributed by atoms with Gasteiger partial charge >= 0.3 is 12.1 Å². The highest BCUT2D eigenvalue weighted by Gasteiger charge is 2.38. The number of alkyl halides is 3. The molecule has 0 aliphatic heterocycles. The van der Waals surface area contributed by atoms with Gasteiger partial charge in [-0.1, -0.05) is 12.1 Å².